The zero-order chi connectivity index (χ0) is 30.7. The van der Waals surface area contributed by atoms with Crippen molar-refractivity contribution in [3.8, 4) is 39.1 Å². The lowest BCUT2D eigenvalue weighted by molar-refractivity contribution is -0.158. The predicted molar refractivity (Wildman–Crippen MR) is 168 cm³/mol. The minimum absolute atomic E-state index is 0.0934. The summed E-state index contributed by atoms with van der Waals surface area (Å²) in [5.41, 5.74) is 3.79. The Labute approximate surface area is 253 Å². The molecule has 0 bridgehead atoms. The number of benzene rings is 4. The molecular weight excluding hydrogens is 566 g/mol. The second kappa shape index (κ2) is 12.2. The standard InChI is InChI=1S/C35H30ClNO6/c1-35(2,34(41)42-3)20-43-32(39)18-22-11-7-8-12-25(22)28-16-24-15-27(29(36)19-30(24)37-33(28)40)23-13-14-26(31(38)17-23)21-9-5-4-6-10-21/h4-17,19,38H,18,20H2,1-3H3,(H,37,40). The Morgan fingerprint density at radius 1 is 0.837 bits per heavy atom. The van der Waals surface area contributed by atoms with Gasteiger partial charge >= 0.3 is 11.9 Å². The van der Waals surface area contributed by atoms with Crippen LogP contribution in [0.25, 0.3) is 44.3 Å². The number of phenolic OH excluding ortho intramolecular Hbond substituents is 1. The number of esters is 2. The molecule has 0 aliphatic rings. The quantitative estimate of drug-likeness (QED) is 0.184. The lowest BCUT2D eigenvalue weighted by Gasteiger charge is -2.21. The number of aromatic nitrogens is 1. The summed E-state index contributed by atoms with van der Waals surface area (Å²) < 4.78 is 10.2. The monoisotopic (exact) mass is 595 g/mol. The van der Waals surface area contributed by atoms with E-state index in [1.807, 2.05) is 48.5 Å². The first kappa shape index (κ1) is 29.6. The van der Waals surface area contributed by atoms with Gasteiger partial charge in [0.1, 0.15) is 12.4 Å². The van der Waals surface area contributed by atoms with Crippen LogP contribution < -0.4 is 5.56 Å². The van der Waals surface area contributed by atoms with Gasteiger partial charge in [-0.05, 0) is 65.8 Å². The van der Waals surface area contributed by atoms with E-state index in [9.17, 15) is 19.5 Å². The maximum absolute atomic E-state index is 13.2. The molecule has 8 heteroatoms. The van der Waals surface area contributed by atoms with Crippen molar-refractivity contribution in [2.75, 3.05) is 13.7 Å². The number of fused-ring (bicyclic) bond motifs is 1. The molecule has 1 aromatic heterocycles. The third kappa shape index (κ3) is 6.32. The van der Waals surface area contributed by atoms with Crippen LogP contribution in [0.4, 0.5) is 0 Å². The molecule has 43 heavy (non-hydrogen) atoms. The van der Waals surface area contributed by atoms with Crippen LogP contribution in [0.15, 0.2) is 95.8 Å². The topological polar surface area (TPSA) is 106 Å². The molecule has 218 valence electrons. The van der Waals surface area contributed by atoms with Crippen LogP contribution in [-0.4, -0.2) is 35.7 Å². The SMILES string of the molecule is COC(=O)C(C)(C)COC(=O)Cc1ccccc1-c1cc2cc(-c3ccc(-c4ccccc4)c(O)c3)c(Cl)cc2[nH]c1=O. The van der Waals surface area contributed by atoms with Crippen LogP contribution in [0.2, 0.25) is 5.02 Å². The molecule has 0 spiro atoms. The fourth-order valence-corrected chi connectivity index (χ4v) is 5.22. The van der Waals surface area contributed by atoms with Crippen LogP contribution in [0.5, 0.6) is 5.75 Å². The lowest BCUT2D eigenvalue weighted by Crippen LogP contribution is -2.32. The summed E-state index contributed by atoms with van der Waals surface area (Å²) in [6.45, 7) is 3.13. The summed E-state index contributed by atoms with van der Waals surface area (Å²) in [6, 6.07) is 27.4. The number of hydrogen-bond donors (Lipinski definition) is 2. The number of nitrogens with one attached hydrogen (secondary N) is 1. The van der Waals surface area contributed by atoms with E-state index in [0.717, 1.165) is 16.5 Å². The average molecular weight is 596 g/mol. The normalized spacial score (nSPS) is 11.3. The van der Waals surface area contributed by atoms with E-state index in [0.29, 0.717) is 38.4 Å². The van der Waals surface area contributed by atoms with Gasteiger partial charge in [-0.15, -0.1) is 0 Å². The van der Waals surface area contributed by atoms with Crippen molar-refractivity contribution in [2.45, 2.75) is 20.3 Å². The molecule has 7 nitrogen and oxygen atoms in total. The first-order valence-electron chi connectivity index (χ1n) is 13.6. The lowest BCUT2D eigenvalue weighted by atomic mass is 9.95. The van der Waals surface area contributed by atoms with E-state index < -0.39 is 17.4 Å². The summed E-state index contributed by atoms with van der Waals surface area (Å²) in [4.78, 5) is 40.8. The van der Waals surface area contributed by atoms with E-state index in [2.05, 4.69) is 4.98 Å². The Morgan fingerprint density at radius 3 is 2.26 bits per heavy atom. The van der Waals surface area contributed by atoms with Gasteiger partial charge in [0.2, 0.25) is 0 Å². The smallest absolute Gasteiger partial charge is 0.314 e. The van der Waals surface area contributed by atoms with E-state index in [-0.39, 0.29) is 24.3 Å². The number of phenols is 1. The minimum Gasteiger partial charge on any atom is -0.507 e. The highest BCUT2D eigenvalue weighted by atomic mass is 35.5. The molecule has 0 fully saturated rings. The number of ether oxygens (including phenoxy) is 2. The highest BCUT2D eigenvalue weighted by Crippen LogP contribution is 2.37. The van der Waals surface area contributed by atoms with Gasteiger partial charge in [0, 0.05) is 22.2 Å². The fraction of sp³-hybridized carbons (Fsp3) is 0.171. The average Bonchev–Trinajstić information content (AvgIpc) is 3.00. The molecule has 0 aliphatic heterocycles. The number of rotatable bonds is 8. The fourth-order valence-electron chi connectivity index (χ4n) is 4.95. The number of aromatic amines is 1. The number of methoxy groups -OCH3 is 1. The van der Waals surface area contributed by atoms with Crippen molar-refractivity contribution in [1.82, 2.24) is 4.98 Å². The highest BCUT2D eigenvalue weighted by Gasteiger charge is 2.30. The van der Waals surface area contributed by atoms with E-state index in [4.69, 9.17) is 21.1 Å². The number of halogens is 1. The molecule has 0 saturated heterocycles. The molecule has 4 aromatic carbocycles. The number of carbonyl (C=O) groups is 2. The van der Waals surface area contributed by atoms with Gasteiger partial charge < -0.3 is 19.6 Å². The van der Waals surface area contributed by atoms with Crippen molar-refractivity contribution in [1.29, 1.82) is 0 Å². The second-order valence-corrected chi connectivity index (χ2v) is 11.3. The summed E-state index contributed by atoms with van der Waals surface area (Å²) in [7, 11) is 1.28. The number of H-pyrrole nitrogens is 1. The van der Waals surface area contributed by atoms with E-state index in [1.165, 1.54) is 7.11 Å². The number of hydrogen-bond acceptors (Lipinski definition) is 6. The Bertz CT molecular complexity index is 1890. The van der Waals surface area contributed by atoms with Crippen molar-refractivity contribution in [3.63, 3.8) is 0 Å². The summed E-state index contributed by atoms with van der Waals surface area (Å²) >= 11 is 6.65. The number of pyridine rings is 1. The molecule has 0 atom stereocenters. The molecule has 0 saturated carbocycles. The van der Waals surface area contributed by atoms with Crippen LogP contribution in [-0.2, 0) is 25.5 Å². The van der Waals surface area contributed by atoms with Gasteiger partial charge in [-0.25, -0.2) is 0 Å². The number of aromatic hydroxyl groups is 1. The maximum Gasteiger partial charge on any atom is 0.314 e. The molecule has 5 rings (SSSR count). The van der Waals surface area contributed by atoms with Crippen LogP contribution in [0.3, 0.4) is 0 Å². The van der Waals surface area contributed by atoms with Gasteiger partial charge in [0.05, 0.1) is 24.0 Å². The summed E-state index contributed by atoms with van der Waals surface area (Å²) in [5, 5.41) is 12.0. The Hall–Kier alpha value is -4.88. The van der Waals surface area contributed by atoms with Crippen LogP contribution >= 0.6 is 11.6 Å². The first-order chi connectivity index (χ1) is 20.6. The third-order valence-electron chi connectivity index (χ3n) is 7.30. The molecule has 5 aromatic rings. The molecule has 0 aliphatic carbocycles. The summed E-state index contributed by atoms with van der Waals surface area (Å²) in [5.74, 6) is -0.891. The van der Waals surface area contributed by atoms with Crippen molar-refractivity contribution in [3.05, 3.63) is 112 Å². The highest BCUT2D eigenvalue weighted by molar-refractivity contribution is 6.34. The maximum atomic E-state index is 13.2. The van der Waals surface area contributed by atoms with Gasteiger partial charge in [-0.2, -0.15) is 0 Å². The van der Waals surface area contributed by atoms with E-state index >= 15 is 0 Å². The molecule has 2 N–H and O–H groups in total. The molecular formula is C35H30ClNO6. The second-order valence-electron chi connectivity index (χ2n) is 10.9. The Morgan fingerprint density at radius 2 is 1.53 bits per heavy atom. The first-order valence-corrected chi connectivity index (χ1v) is 14.0. The predicted octanol–water partition coefficient (Wildman–Crippen LogP) is 7.17. The molecule has 0 unspecified atom stereocenters. The van der Waals surface area contributed by atoms with E-state index in [1.54, 1.807) is 56.3 Å². The molecule has 1 heterocycles. The van der Waals surface area contributed by atoms with Crippen molar-refractivity contribution < 1.29 is 24.2 Å². The van der Waals surface area contributed by atoms with Gasteiger partial charge in [0.15, 0.2) is 0 Å². The molecule has 0 radical (unpaired) electrons. The van der Waals surface area contributed by atoms with Crippen molar-refractivity contribution >= 4 is 34.4 Å². The minimum atomic E-state index is -0.989. The Kier molecular flexibility index (Phi) is 8.37. The Balaban J connectivity index is 1.47. The molecule has 0 amide bonds. The van der Waals surface area contributed by atoms with Gasteiger partial charge in [0.25, 0.3) is 5.56 Å². The van der Waals surface area contributed by atoms with Gasteiger partial charge in [-0.1, -0.05) is 78.3 Å². The van der Waals surface area contributed by atoms with Crippen LogP contribution in [0.1, 0.15) is 19.4 Å². The largest absolute Gasteiger partial charge is 0.507 e. The van der Waals surface area contributed by atoms with Crippen molar-refractivity contribution in [2.24, 2.45) is 5.41 Å². The number of carbonyl (C=O) groups excluding carboxylic acids is 2. The third-order valence-corrected chi connectivity index (χ3v) is 7.61. The zero-order valence-corrected chi connectivity index (χ0v) is 24.7. The zero-order valence-electron chi connectivity index (χ0n) is 23.9. The summed E-state index contributed by atoms with van der Waals surface area (Å²) in [6.07, 6.45) is -0.0934. The van der Waals surface area contributed by atoms with Crippen LogP contribution in [0, 0.1) is 5.41 Å². The van der Waals surface area contributed by atoms with Gasteiger partial charge in [-0.3, -0.25) is 14.4 Å².